The summed E-state index contributed by atoms with van der Waals surface area (Å²) in [5.74, 6) is 1.22. The van der Waals surface area contributed by atoms with E-state index in [9.17, 15) is 5.11 Å². The van der Waals surface area contributed by atoms with Crippen LogP contribution in [0.1, 0.15) is 63.8 Å². The van der Waals surface area contributed by atoms with Crippen molar-refractivity contribution >= 4 is 9.04 Å². The van der Waals surface area contributed by atoms with E-state index in [4.69, 9.17) is 9.16 Å². The number of hydrogen-bond donors (Lipinski definition) is 1. The van der Waals surface area contributed by atoms with Crippen LogP contribution in [-0.4, -0.2) is 21.3 Å². The Morgan fingerprint density at radius 3 is 2.22 bits per heavy atom. The van der Waals surface area contributed by atoms with E-state index >= 15 is 0 Å². The summed E-state index contributed by atoms with van der Waals surface area (Å²) in [5.41, 5.74) is 3.19. The zero-order valence-corrected chi connectivity index (χ0v) is 17.2. The first kappa shape index (κ1) is 20.2. The van der Waals surface area contributed by atoms with Gasteiger partial charge in [0.1, 0.15) is 5.75 Å². The topological polar surface area (TPSA) is 38.7 Å². The van der Waals surface area contributed by atoms with Crippen LogP contribution in [0.4, 0.5) is 0 Å². The van der Waals surface area contributed by atoms with E-state index in [2.05, 4.69) is 53.8 Å². The molecule has 132 valence electrons. The zero-order chi connectivity index (χ0) is 17.8. The number of aliphatic hydroxyl groups excluding tert-OH is 1. The Labute approximate surface area is 143 Å². The van der Waals surface area contributed by atoms with Gasteiger partial charge >= 0.3 is 0 Å². The molecule has 1 unspecified atom stereocenters. The van der Waals surface area contributed by atoms with E-state index in [1.54, 1.807) is 7.11 Å². The van der Waals surface area contributed by atoms with Gasteiger partial charge in [0.15, 0.2) is 9.04 Å². The minimum Gasteiger partial charge on any atom is -0.496 e. The second-order valence-electron chi connectivity index (χ2n) is 7.97. The molecule has 0 saturated heterocycles. The van der Waals surface area contributed by atoms with Crippen LogP contribution in [0, 0.1) is 5.92 Å². The first-order chi connectivity index (χ1) is 10.6. The van der Waals surface area contributed by atoms with Gasteiger partial charge in [-0.1, -0.05) is 46.8 Å². The van der Waals surface area contributed by atoms with Crippen molar-refractivity contribution < 1.29 is 14.3 Å². The van der Waals surface area contributed by atoms with Crippen LogP contribution in [0.5, 0.6) is 5.75 Å². The molecule has 1 N–H and O–H groups in total. The fourth-order valence-corrected chi connectivity index (χ4v) is 3.32. The van der Waals surface area contributed by atoms with Gasteiger partial charge in [0.25, 0.3) is 0 Å². The smallest absolute Gasteiger partial charge is 0.171 e. The second-order valence-corrected chi connectivity index (χ2v) is 10.4. The Morgan fingerprint density at radius 2 is 1.78 bits per heavy atom. The predicted octanol–water partition coefficient (Wildman–Crippen LogP) is 4.57. The van der Waals surface area contributed by atoms with Gasteiger partial charge in [-0.2, -0.15) is 0 Å². The van der Waals surface area contributed by atoms with Gasteiger partial charge in [0.05, 0.1) is 19.8 Å². The average molecular weight is 339 g/mol. The van der Waals surface area contributed by atoms with Crippen molar-refractivity contribution in [2.75, 3.05) is 7.11 Å². The molecule has 23 heavy (non-hydrogen) atoms. The maximum Gasteiger partial charge on any atom is 0.171 e. The average Bonchev–Trinajstić information content (AvgIpc) is 2.41. The zero-order valence-electron chi connectivity index (χ0n) is 16.1. The number of rotatable bonds is 7. The molecular formula is C19H34O3Si. The van der Waals surface area contributed by atoms with Crippen LogP contribution in [0.3, 0.4) is 0 Å². The Balaban J connectivity index is 3.38. The monoisotopic (exact) mass is 338 g/mol. The molecule has 0 aromatic heterocycles. The fraction of sp³-hybridized carbons (Fsp3) is 0.684. The Hall–Kier alpha value is -0.843. The number of methoxy groups -OCH3 is 1. The predicted molar refractivity (Wildman–Crippen MR) is 99.8 cm³/mol. The highest BCUT2D eigenvalue weighted by Gasteiger charge is 2.25. The molecule has 3 nitrogen and oxygen atoms in total. The molecule has 0 aliphatic rings. The molecule has 0 bridgehead atoms. The molecule has 0 amide bonds. The lowest BCUT2D eigenvalue weighted by Crippen LogP contribution is -2.19. The first-order valence-electron chi connectivity index (χ1n) is 8.57. The molecule has 0 aliphatic heterocycles. The summed E-state index contributed by atoms with van der Waals surface area (Å²) >= 11 is 0. The summed E-state index contributed by atoms with van der Waals surface area (Å²) in [4.78, 5) is 0. The lowest BCUT2D eigenvalue weighted by atomic mass is 9.82. The van der Waals surface area contributed by atoms with E-state index in [-0.39, 0.29) is 5.41 Å². The fourth-order valence-electron chi connectivity index (χ4n) is 2.82. The summed E-state index contributed by atoms with van der Waals surface area (Å²) in [5, 5.41) is 10.6. The summed E-state index contributed by atoms with van der Waals surface area (Å²) in [6, 6.07) is 4.14. The van der Waals surface area contributed by atoms with Crippen molar-refractivity contribution in [3.8, 4) is 5.75 Å². The lowest BCUT2D eigenvalue weighted by Gasteiger charge is -2.28. The van der Waals surface area contributed by atoms with Crippen molar-refractivity contribution in [2.45, 2.75) is 72.3 Å². The van der Waals surface area contributed by atoms with Crippen molar-refractivity contribution in [3.63, 3.8) is 0 Å². The van der Waals surface area contributed by atoms with Gasteiger partial charge in [0, 0.05) is 11.1 Å². The molecule has 1 aromatic rings. The number of ether oxygens (including phenoxy) is 1. The van der Waals surface area contributed by atoms with Gasteiger partial charge < -0.3 is 14.3 Å². The summed E-state index contributed by atoms with van der Waals surface area (Å²) < 4.78 is 11.7. The normalized spacial score (nSPS) is 13.7. The lowest BCUT2D eigenvalue weighted by molar-refractivity contribution is 0.146. The number of aliphatic hydroxyl groups is 1. The maximum absolute atomic E-state index is 10.6. The van der Waals surface area contributed by atoms with Gasteiger partial charge in [0.2, 0.25) is 0 Å². The second kappa shape index (κ2) is 8.31. The summed E-state index contributed by atoms with van der Waals surface area (Å²) in [6.07, 6.45) is 0.221. The van der Waals surface area contributed by atoms with Crippen LogP contribution >= 0.6 is 0 Å². The van der Waals surface area contributed by atoms with E-state index in [0.717, 1.165) is 23.3 Å². The third-order valence-corrected chi connectivity index (χ3v) is 4.75. The largest absolute Gasteiger partial charge is 0.496 e. The molecule has 0 aliphatic carbocycles. The quantitative estimate of drug-likeness (QED) is 0.740. The van der Waals surface area contributed by atoms with Crippen LogP contribution in [0.2, 0.25) is 13.1 Å². The van der Waals surface area contributed by atoms with Crippen molar-refractivity contribution in [3.05, 3.63) is 28.8 Å². The van der Waals surface area contributed by atoms with Crippen molar-refractivity contribution in [1.82, 2.24) is 0 Å². The highest BCUT2D eigenvalue weighted by atomic mass is 28.3. The highest BCUT2D eigenvalue weighted by molar-refractivity contribution is 6.48. The Bertz CT molecular complexity index is 504. The summed E-state index contributed by atoms with van der Waals surface area (Å²) in [6.45, 7) is 15.7. The van der Waals surface area contributed by atoms with E-state index < -0.39 is 15.1 Å². The van der Waals surface area contributed by atoms with Crippen molar-refractivity contribution in [1.29, 1.82) is 0 Å². The van der Waals surface area contributed by atoms with Crippen LogP contribution in [-0.2, 0) is 16.4 Å². The van der Waals surface area contributed by atoms with E-state index in [1.165, 1.54) is 5.56 Å². The Kier molecular flexibility index (Phi) is 7.30. The van der Waals surface area contributed by atoms with Gasteiger partial charge in [-0.15, -0.1) is 0 Å². The molecule has 1 rings (SSSR count). The molecule has 0 heterocycles. The Morgan fingerprint density at radius 1 is 1.17 bits per heavy atom. The summed E-state index contributed by atoms with van der Waals surface area (Å²) in [7, 11) is 0.556. The molecule has 0 spiro atoms. The molecule has 0 fully saturated rings. The standard InChI is InChI=1S/C19H34O3Si/c1-13(2)11-17(20)14-9-10-16(19(3,4)5)15(18(14)21-6)12-22-23(7)8/h9-10,13,17,20,23H,11-12H2,1-8H3. The van der Waals surface area contributed by atoms with Gasteiger partial charge in [-0.05, 0) is 36.4 Å². The van der Waals surface area contributed by atoms with Crippen LogP contribution < -0.4 is 4.74 Å². The maximum atomic E-state index is 10.6. The van der Waals surface area contributed by atoms with Gasteiger partial charge in [-0.3, -0.25) is 0 Å². The third kappa shape index (κ3) is 5.62. The minimum absolute atomic E-state index is 0.00599. The molecular weight excluding hydrogens is 304 g/mol. The molecule has 1 aromatic carbocycles. The first-order valence-corrected chi connectivity index (χ1v) is 11.4. The minimum atomic E-state index is -1.13. The van der Waals surface area contributed by atoms with E-state index in [0.29, 0.717) is 12.5 Å². The molecule has 1 atom stereocenters. The molecule has 0 radical (unpaired) electrons. The highest BCUT2D eigenvalue weighted by Crippen LogP contribution is 2.39. The van der Waals surface area contributed by atoms with Crippen molar-refractivity contribution in [2.24, 2.45) is 5.92 Å². The van der Waals surface area contributed by atoms with E-state index in [1.807, 2.05) is 6.07 Å². The third-order valence-electron chi connectivity index (χ3n) is 3.92. The number of hydrogen-bond acceptors (Lipinski definition) is 3. The molecule has 4 heteroatoms. The number of benzene rings is 1. The van der Waals surface area contributed by atoms with Gasteiger partial charge in [-0.25, -0.2) is 0 Å². The SMILES string of the molecule is COc1c(C(O)CC(C)C)ccc(C(C)(C)C)c1CO[SiH](C)C. The van der Waals surface area contributed by atoms with Crippen LogP contribution in [0.25, 0.3) is 0 Å². The molecule has 0 saturated carbocycles. The van der Waals surface area contributed by atoms with Crippen LogP contribution in [0.15, 0.2) is 12.1 Å².